The number of thioether (sulfide) groups is 1. The zero-order valence-electron chi connectivity index (χ0n) is 14.1. The lowest BCUT2D eigenvalue weighted by molar-refractivity contribution is -0.128. The van der Waals surface area contributed by atoms with Gasteiger partial charge in [-0.1, -0.05) is 6.07 Å². The molecule has 6 heteroatoms. The summed E-state index contributed by atoms with van der Waals surface area (Å²) in [5, 5.41) is 3.63. The first-order chi connectivity index (χ1) is 11.7. The lowest BCUT2D eigenvalue weighted by atomic mass is 10.1. The van der Waals surface area contributed by atoms with Crippen LogP contribution < -0.4 is 5.32 Å². The number of carbonyl (C=O) groups is 1. The molecule has 1 N–H and O–H groups in total. The van der Waals surface area contributed by atoms with Crippen LogP contribution in [-0.2, 0) is 10.5 Å². The third-order valence-corrected chi connectivity index (χ3v) is 5.95. The van der Waals surface area contributed by atoms with Gasteiger partial charge in [-0.05, 0) is 37.8 Å². The van der Waals surface area contributed by atoms with Gasteiger partial charge < -0.3 is 14.6 Å². The summed E-state index contributed by atoms with van der Waals surface area (Å²) in [6.45, 7) is 3.86. The molecule has 0 aliphatic carbocycles. The summed E-state index contributed by atoms with van der Waals surface area (Å²) in [7, 11) is 0. The quantitative estimate of drug-likeness (QED) is 0.924. The minimum absolute atomic E-state index is 0.272. The number of imidazole rings is 1. The van der Waals surface area contributed by atoms with E-state index in [2.05, 4.69) is 45.0 Å². The smallest absolute Gasteiger partial charge is 0.232 e. The molecule has 128 valence electrons. The zero-order chi connectivity index (χ0) is 16.5. The van der Waals surface area contributed by atoms with Gasteiger partial charge >= 0.3 is 0 Å². The summed E-state index contributed by atoms with van der Waals surface area (Å²) in [5.41, 5.74) is 3.23. The summed E-state index contributed by atoms with van der Waals surface area (Å²) < 4.78 is 2.06. The highest BCUT2D eigenvalue weighted by Gasteiger charge is 2.30. The number of rotatable bonds is 4. The molecule has 0 aromatic carbocycles. The molecule has 2 saturated heterocycles. The SMILES string of the molecule is Cc1ccc2nc(CSCC(=O)N3CCC4CCC(C3)N4)cn2c1. The lowest BCUT2D eigenvalue weighted by Crippen LogP contribution is -2.39. The Balaban J connectivity index is 1.30. The van der Waals surface area contributed by atoms with E-state index >= 15 is 0 Å². The van der Waals surface area contributed by atoms with Crippen molar-refractivity contribution in [3.63, 3.8) is 0 Å². The van der Waals surface area contributed by atoms with Crippen LogP contribution in [0.1, 0.15) is 30.5 Å². The molecule has 0 radical (unpaired) electrons. The molecule has 2 aromatic heterocycles. The molecule has 0 spiro atoms. The first-order valence-electron chi connectivity index (χ1n) is 8.73. The number of nitrogens with zero attached hydrogens (tertiary/aromatic N) is 3. The van der Waals surface area contributed by atoms with Crippen LogP contribution in [0.15, 0.2) is 24.5 Å². The first-order valence-corrected chi connectivity index (χ1v) is 9.88. The Hall–Kier alpha value is -1.53. The van der Waals surface area contributed by atoms with Crippen LogP contribution in [0, 0.1) is 6.92 Å². The van der Waals surface area contributed by atoms with Gasteiger partial charge in [0.05, 0.1) is 11.4 Å². The van der Waals surface area contributed by atoms with Crippen molar-refractivity contribution in [2.45, 2.75) is 44.0 Å². The largest absolute Gasteiger partial charge is 0.340 e. The molecule has 4 heterocycles. The van der Waals surface area contributed by atoms with E-state index in [1.54, 1.807) is 11.8 Å². The molecule has 5 nitrogen and oxygen atoms in total. The van der Waals surface area contributed by atoms with E-state index in [-0.39, 0.29) is 5.91 Å². The maximum absolute atomic E-state index is 12.5. The van der Waals surface area contributed by atoms with E-state index in [1.807, 2.05) is 6.07 Å². The van der Waals surface area contributed by atoms with Crippen molar-refractivity contribution in [2.24, 2.45) is 0 Å². The van der Waals surface area contributed by atoms with E-state index in [9.17, 15) is 4.79 Å². The number of pyridine rings is 1. The summed E-state index contributed by atoms with van der Waals surface area (Å²) in [6.07, 6.45) is 7.73. The van der Waals surface area contributed by atoms with Gasteiger partial charge in [0.15, 0.2) is 0 Å². The van der Waals surface area contributed by atoms with Gasteiger partial charge in [-0.2, -0.15) is 0 Å². The molecule has 2 bridgehead atoms. The molecule has 4 rings (SSSR count). The van der Waals surface area contributed by atoms with Gasteiger partial charge in [0, 0.05) is 43.3 Å². The van der Waals surface area contributed by atoms with Crippen molar-refractivity contribution in [3.05, 3.63) is 35.8 Å². The molecule has 2 atom stereocenters. The van der Waals surface area contributed by atoms with Crippen LogP contribution in [0.5, 0.6) is 0 Å². The van der Waals surface area contributed by atoms with Crippen LogP contribution in [0.2, 0.25) is 0 Å². The number of fused-ring (bicyclic) bond motifs is 3. The highest BCUT2D eigenvalue weighted by atomic mass is 32.2. The second-order valence-corrected chi connectivity index (χ2v) is 7.95. The van der Waals surface area contributed by atoms with E-state index in [1.165, 1.54) is 18.4 Å². The average Bonchev–Trinajstić information content (AvgIpc) is 3.09. The monoisotopic (exact) mass is 344 g/mol. The fourth-order valence-corrected chi connectivity index (χ4v) is 4.54. The fourth-order valence-electron chi connectivity index (χ4n) is 3.73. The molecule has 2 aromatic rings. The molecular formula is C18H24N4OS. The number of aryl methyl sites for hydroxylation is 1. The first kappa shape index (κ1) is 16.0. The molecule has 2 fully saturated rings. The second-order valence-electron chi connectivity index (χ2n) is 6.96. The van der Waals surface area contributed by atoms with Gasteiger partial charge in [0.1, 0.15) is 5.65 Å². The number of aromatic nitrogens is 2. The minimum Gasteiger partial charge on any atom is -0.340 e. The van der Waals surface area contributed by atoms with Gasteiger partial charge in [0.25, 0.3) is 0 Å². The molecule has 1 amide bonds. The van der Waals surface area contributed by atoms with Crippen molar-refractivity contribution < 1.29 is 4.79 Å². The summed E-state index contributed by atoms with van der Waals surface area (Å²) in [4.78, 5) is 19.2. The number of likely N-dealkylation sites (tertiary alicyclic amines) is 1. The summed E-state index contributed by atoms with van der Waals surface area (Å²) in [5.74, 6) is 1.60. The van der Waals surface area contributed by atoms with E-state index in [0.29, 0.717) is 17.8 Å². The molecule has 2 unspecified atom stereocenters. The highest BCUT2D eigenvalue weighted by Crippen LogP contribution is 2.21. The van der Waals surface area contributed by atoms with Crippen molar-refractivity contribution in [3.8, 4) is 0 Å². The Bertz CT molecular complexity index is 744. The standard InChI is InChI=1S/C18H24N4OS/c1-13-2-5-17-20-16(10-22(17)8-13)11-24-12-18(23)21-7-6-14-3-4-15(9-21)19-14/h2,5,8,10,14-15,19H,3-4,6-7,9,11-12H2,1H3. The van der Waals surface area contributed by atoms with Crippen molar-refractivity contribution in [2.75, 3.05) is 18.8 Å². The minimum atomic E-state index is 0.272. The number of nitrogens with one attached hydrogen (secondary N) is 1. The summed E-state index contributed by atoms with van der Waals surface area (Å²) in [6, 6.07) is 5.24. The van der Waals surface area contributed by atoms with Crippen molar-refractivity contribution in [1.29, 1.82) is 0 Å². The van der Waals surface area contributed by atoms with Crippen molar-refractivity contribution in [1.82, 2.24) is 19.6 Å². The van der Waals surface area contributed by atoms with Gasteiger partial charge in [-0.25, -0.2) is 4.98 Å². The zero-order valence-corrected chi connectivity index (χ0v) is 14.9. The molecule has 2 aliphatic rings. The van der Waals surface area contributed by atoms with Crippen LogP contribution >= 0.6 is 11.8 Å². The van der Waals surface area contributed by atoms with E-state index < -0.39 is 0 Å². The number of amides is 1. The van der Waals surface area contributed by atoms with Crippen LogP contribution in [0.4, 0.5) is 0 Å². The second kappa shape index (κ2) is 6.76. The number of hydrogen-bond donors (Lipinski definition) is 1. The third kappa shape index (κ3) is 3.44. The molecule has 24 heavy (non-hydrogen) atoms. The predicted octanol–water partition coefficient (Wildman–Crippen LogP) is 2.23. The average molecular weight is 344 g/mol. The normalized spacial score (nSPS) is 23.6. The highest BCUT2D eigenvalue weighted by molar-refractivity contribution is 7.99. The topological polar surface area (TPSA) is 49.6 Å². The molecule has 2 aliphatic heterocycles. The molecule has 0 saturated carbocycles. The maximum atomic E-state index is 12.5. The van der Waals surface area contributed by atoms with Crippen LogP contribution in [0.3, 0.4) is 0 Å². The van der Waals surface area contributed by atoms with E-state index in [0.717, 1.165) is 36.6 Å². The lowest BCUT2D eigenvalue weighted by Gasteiger charge is -2.24. The maximum Gasteiger partial charge on any atom is 0.232 e. The number of carbonyl (C=O) groups excluding carboxylic acids is 1. The Morgan fingerprint density at radius 2 is 2.17 bits per heavy atom. The third-order valence-electron chi connectivity index (χ3n) is 5.00. The van der Waals surface area contributed by atoms with Gasteiger partial charge in [0.2, 0.25) is 5.91 Å². The van der Waals surface area contributed by atoms with Gasteiger partial charge in [-0.15, -0.1) is 11.8 Å². The predicted molar refractivity (Wildman–Crippen MR) is 97.2 cm³/mol. The number of hydrogen-bond acceptors (Lipinski definition) is 4. The Kier molecular flexibility index (Phi) is 4.50. The van der Waals surface area contributed by atoms with Gasteiger partial charge in [-0.3, -0.25) is 4.79 Å². The Morgan fingerprint density at radius 1 is 1.29 bits per heavy atom. The molecular weight excluding hydrogens is 320 g/mol. The van der Waals surface area contributed by atoms with Crippen LogP contribution in [0.25, 0.3) is 5.65 Å². The summed E-state index contributed by atoms with van der Waals surface area (Å²) >= 11 is 1.67. The van der Waals surface area contributed by atoms with Crippen molar-refractivity contribution >= 4 is 23.3 Å². The van der Waals surface area contributed by atoms with E-state index in [4.69, 9.17) is 0 Å². The van der Waals surface area contributed by atoms with Crippen LogP contribution in [-0.4, -0.2) is 51.1 Å². The fraction of sp³-hybridized carbons (Fsp3) is 0.556. The Labute approximate surface area is 146 Å². The Morgan fingerprint density at radius 3 is 3.08 bits per heavy atom.